The highest BCUT2D eigenvalue weighted by Gasteiger charge is 2.48. The Morgan fingerprint density at radius 3 is 2.85 bits per heavy atom. The van der Waals surface area contributed by atoms with E-state index in [1.54, 1.807) is 29.3 Å². The quantitative estimate of drug-likeness (QED) is 0.859. The average Bonchev–Trinajstić information content (AvgIpc) is 2.99. The third kappa shape index (κ3) is 3.80. The van der Waals surface area contributed by atoms with Gasteiger partial charge in [0.05, 0.1) is 6.54 Å². The summed E-state index contributed by atoms with van der Waals surface area (Å²) in [5.41, 5.74) is 0.563. The van der Waals surface area contributed by atoms with Crippen molar-refractivity contribution >= 4 is 29.3 Å². The molecule has 0 unspecified atom stereocenters. The minimum Gasteiger partial charge on any atom is -0.441 e. The van der Waals surface area contributed by atoms with Crippen molar-refractivity contribution in [1.82, 2.24) is 20.4 Å². The molecule has 0 aromatic carbocycles. The molecule has 2 aromatic rings. The van der Waals surface area contributed by atoms with Gasteiger partial charge in [0.15, 0.2) is 16.8 Å². The lowest BCUT2D eigenvalue weighted by molar-refractivity contribution is 0.0148. The van der Waals surface area contributed by atoms with Crippen LogP contribution in [0.3, 0.4) is 0 Å². The van der Waals surface area contributed by atoms with Gasteiger partial charge < -0.3 is 10.1 Å². The van der Waals surface area contributed by atoms with E-state index in [1.807, 2.05) is 6.92 Å². The van der Waals surface area contributed by atoms with Gasteiger partial charge in [-0.15, -0.1) is 15.3 Å². The van der Waals surface area contributed by atoms with Crippen molar-refractivity contribution in [3.05, 3.63) is 35.1 Å². The maximum atomic E-state index is 12.3. The van der Waals surface area contributed by atoms with Gasteiger partial charge in [0.1, 0.15) is 5.60 Å². The van der Waals surface area contributed by atoms with Crippen LogP contribution in [0, 0.1) is 12.8 Å². The van der Waals surface area contributed by atoms with Crippen LogP contribution in [-0.4, -0.2) is 45.2 Å². The highest BCUT2D eigenvalue weighted by atomic mass is 35.5. The Kier molecular flexibility index (Phi) is 4.82. The summed E-state index contributed by atoms with van der Waals surface area (Å²) in [5.74, 6) is 1.80. The van der Waals surface area contributed by atoms with E-state index in [9.17, 15) is 4.79 Å². The van der Waals surface area contributed by atoms with Crippen LogP contribution in [0.25, 0.3) is 0 Å². The molecule has 1 saturated carbocycles. The zero-order valence-electron chi connectivity index (χ0n) is 15.1. The summed E-state index contributed by atoms with van der Waals surface area (Å²) < 4.78 is 5.76. The highest BCUT2D eigenvalue weighted by Crippen LogP contribution is 2.40. The number of hydrogen-bond donors (Lipinski definition) is 1. The van der Waals surface area contributed by atoms with E-state index in [0.717, 1.165) is 43.6 Å². The molecule has 1 N–H and O–H groups in total. The highest BCUT2D eigenvalue weighted by molar-refractivity contribution is 6.29. The zero-order valence-corrected chi connectivity index (χ0v) is 15.8. The van der Waals surface area contributed by atoms with Gasteiger partial charge in [-0.1, -0.05) is 11.6 Å². The Morgan fingerprint density at radius 2 is 2.15 bits per heavy atom. The van der Waals surface area contributed by atoms with Gasteiger partial charge in [-0.3, -0.25) is 4.90 Å². The lowest BCUT2D eigenvalue weighted by Crippen LogP contribution is -2.39. The van der Waals surface area contributed by atoms with Gasteiger partial charge in [-0.05, 0) is 62.3 Å². The molecular formula is C18H21ClN6O2. The summed E-state index contributed by atoms with van der Waals surface area (Å²) in [5, 5.41) is 19.6. The Morgan fingerprint density at radius 1 is 1.33 bits per heavy atom. The summed E-state index contributed by atoms with van der Waals surface area (Å²) >= 11 is 5.85. The number of halogens is 1. The van der Waals surface area contributed by atoms with Crippen molar-refractivity contribution < 1.29 is 9.53 Å². The summed E-state index contributed by atoms with van der Waals surface area (Å²) in [7, 11) is 0. The first kappa shape index (κ1) is 17.9. The second kappa shape index (κ2) is 7.26. The zero-order chi connectivity index (χ0) is 18.9. The van der Waals surface area contributed by atoms with Gasteiger partial charge in [0, 0.05) is 12.7 Å². The summed E-state index contributed by atoms with van der Waals surface area (Å²) in [6.07, 6.45) is 4.90. The third-order valence-corrected chi connectivity index (χ3v) is 5.52. The summed E-state index contributed by atoms with van der Waals surface area (Å²) in [4.78, 5) is 13.9. The van der Waals surface area contributed by atoms with Crippen LogP contribution < -0.4 is 10.2 Å². The van der Waals surface area contributed by atoms with Crippen LogP contribution in [0.4, 0.5) is 16.4 Å². The van der Waals surface area contributed by atoms with Gasteiger partial charge in [-0.2, -0.15) is 5.10 Å². The fourth-order valence-electron chi connectivity index (χ4n) is 3.77. The number of aromatic nitrogens is 4. The van der Waals surface area contributed by atoms with Crippen LogP contribution in [0.5, 0.6) is 0 Å². The molecule has 1 aliphatic carbocycles. The summed E-state index contributed by atoms with van der Waals surface area (Å²) in [6, 6.07) is 5.34. The fraction of sp³-hybridized carbons (Fsp3) is 0.500. The van der Waals surface area contributed by atoms with E-state index in [4.69, 9.17) is 16.3 Å². The van der Waals surface area contributed by atoms with Crippen molar-refractivity contribution in [3.63, 3.8) is 0 Å². The number of ether oxygens (including phenoxy) is 1. The molecule has 2 aromatic heterocycles. The number of amides is 1. The predicted molar refractivity (Wildman–Crippen MR) is 101 cm³/mol. The monoisotopic (exact) mass is 388 g/mol. The second-order valence-electron chi connectivity index (χ2n) is 7.24. The van der Waals surface area contributed by atoms with Gasteiger partial charge in [-0.25, -0.2) is 4.79 Å². The van der Waals surface area contributed by atoms with E-state index in [0.29, 0.717) is 23.4 Å². The van der Waals surface area contributed by atoms with Crippen LogP contribution in [0.1, 0.15) is 31.2 Å². The van der Waals surface area contributed by atoms with Crippen molar-refractivity contribution in [1.29, 1.82) is 0 Å². The number of nitrogens with zero attached hydrogens (tertiary/aromatic N) is 5. The molecular weight excluding hydrogens is 368 g/mol. The normalized spacial score (nSPS) is 24.9. The van der Waals surface area contributed by atoms with Crippen molar-refractivity contribution in [3.8, 4) is 0 Å². The molecule has 0 atom stereocenters. The Balaban J connectivity index is 1.33. The lowest BCUT2D eigenvalue weighted by Gasteiger charge is -2.35. The number of carbonyl (C=O) groups excluding carboxylic acids is 1. The maximum Gasteiger partial charge on any atom is 0.416 e. The molecule has 27 heavy (non-hydrogen) atoms. The molecule has 3 heterocycles. The van der Waals surface area contributed by atoms with Crippen molar-refractivity contribution in [2.24, 2.45) is 5.92 Å². The minimum atomic E-state index is -0.416. The van der Waals surface area contributed by atoms with Crippen molar-refractivity contribution in [2.45, 2.75) is 38.2 Å². The van der Waals surface area contributed by atoms with Gasteiger partial charge >= 0.3 is 6.09 Å². The molecule has 2 fully saturated rings. The van der Waals surface area contributed by atoms with Crippen molar-refractivity contribution in [2.75, 3.05) is 23.3 Å². The van der Waals surface area contributed by atoms with E-state index in [-0.39, 0.29) is 6.09 Å². The van der Waals surface area contributed by atoms with E-state index in [1.165, 1.54) is 0 Å². The summed E-state index contributed by atoms with van der Waals surface area (Å²) in [6.45, 7) is 3.30. The number of carbonyl (C=O) groups is 1. The van der Waals surface area contributed by atoms with Crippen LogP contribution in [-0.2, 0) is 4.74 Å². The Bertz CT molecular complexity index is 826. The first-order valence-corrected chi connectivity index (χ1v) is 9.44. The SMILES string of the molecule is Cc1cc(Cl)nnc1NC[C@H]1CC[C@]2(CC1)CN(c1cccnn1)C(=O)O2. The molecule has 9 heteroatoms. The van der Waals surface area contributed by atoms with E-state index < -0.39 is 5.60 Å². The molecule has 1 spiro atoms. The first-order valence-electron chi connectivity index (χ1n) is 9.07. The Labute approximate surface area is 162 Å². The van der Waals surface area contributed by atoms with E-state index in [2.05, 4.69) is 25.7 Å². The standard InChI is InChI=1S/C18H21ClN6O2/c1-12-9-14(19)22-24-16(12)20-10-13-4-6-18(7-5-13)11-25(17(26)27-18)15-3-2-8-21-23-15/h2-3,8-9,13H,4-7,10-11H2,1H3,(H,20,24)/t13-,18-. The molecule has 1 saturated heterocycles. The van der Waals surface area contributed by atoms with Crippen LogP contribution in [0.15, 0.2) is 24.4 Å². The predicted octanol–water partition coefficient (Wildman–Crippen LogP) is 3.23. The maximum absolute atomic E-state index is 12.3. The topological polar surface area (TPSA) is 93.1 Å². The van der Waals surface area contributed by atoms with Crippen LogP contribution in [0.2, 0.25) is 5.15 Å². The molecule has 1 aliphatic heterocycles. The molecule has 2 aliphatic rings. The van der Waals surface area contributed by atoms with E-state index >= 15 is 0 Å². The van der Waals surface area contributed by atoms with Crippen LogP contribution >= 0.6 is 11.6 Å². The number of aryl methyl sites for hydroxylation is 1. The minimum absolute atomic E-state index is 0.334. The van der Waals surface area contributed by atoms with Gasteiger partial charge in [0.25, 0.3) is 0 Å². The molecule has 142 valence electrons. The van der Waals surface area contributed by atoms with Gasteiger partial charge in [0.2, 0.25) is 0 Å². The molecule has 0 radical (unpaired) electrons. The second-order valence-corrected chi connectivity index (χ2v) is 7.63. The molecule has 8 nitrogen and oxygen atoms in total. The number of rotatable bonds is 4. The molecule has 1 amide bonds. The largest absolute Gasteiger partial charge is 0.441 e. The number of hydrogen-bond acceptors (Lipinski definition) is 7. The number of nitrogens with one attached hydrogen (secondary N) is 1. The third-order valence-electron chi connectivity index (χ3n) is 5.33. The first-order chi connectivity index (χ1) is 13.0. The fourth-order valence-corrected chi connectivity index (χ4v) is 3.97. The average molecular weight is 389 g/mol. The lowest BCUT2D eigenvalue weighted by atomic mass is 9.78. The Hall–Kier alpha value is -2.48. The smallest absolute Gasteiger partial charge is 0.416 e. The molecule has 0 bridgehead atoms. The molecule has 4 rings (SSSR count). The number of anilines is 2.